The van der Waals surface area contributed by atoms with Gasteiger partial charge in [0.05, 0.1) is 0 Å². The van der Waals surface area contributed by atoms with E-state index in [2.05, 4.69) is 51.2 Å². The van der Waals surface area contributed by atoms with Gasteiger partial charge in [-0.05, 0) is 47.6 Å². The van der Waals surface area contributed by atoms with Crippen molar-refractivity contribution in [3.63, 3.8) is 0 Å². The van der Waals surface area contributed by atoms with Crippen molar-refractivity contribution in [3.05, 3.63) is 59.2 Å². The lowest BCUT2D eigenvalue weighted by Gasteiger charge is -2.21. The summed E-state index contributed by atoms with van der Waals surface area (Å²) in [6.45, 7) is 9.25. The summed E-state index contributed by atoms with van der Waals surface area (Å²) >= 11 is 0. The Morgan fingerprint density at radius 1 is 1.00 bits per heavy atom. The van der Waals surface area contributed by atoms with Crippen LogP contribution >= 0.6 is 0 Å². The van der Waals surface area contributed by atoms with E-state index < -0.39 is 0 Å². The lowest BCUT2D eigenvalue weighted by Crippen LogP contribution is -2.24. The molecule has 1 heterocycles. The van der Waals surface area contributed by atoms with Gasteiger partial charge >= 0.3 is 0 Å². The Kier molecular flexibility index (Phi) is 5.64. The predicted octanol–water partition coefficient (Wildman–Crippen LogP) is 5.31. The molecule has 0 unspecified atom stereocenters. The molecule has 0 aliphatic carbocycles. The average Bonchev–Trinajstić information content (AvgIpc) is 3.07. The van der Waals surface area contributed by atoms with Crippen molar-refractivity contribution in [2.75, 3.05) is 16.8 Å². The molecule has 4 heteroatoms. The standard InChI is InChI=1S/C23H28N2O2/c1-15(2)19-10-6-11-20(16(3)4)22(19)24-23(27)17-8-5-9-18(14-17)25-13-7-12-21(25)26/h5-6,8-11,14-16H,7,12-13H2,1-4H3,(H,24,27). The molecule has 1 aliphatic rings. The van der Waals surface area contributed by atoms with Crippen LogP contribution in [0.4, 0.5) is 11.4 Å². The monoisotopic (exact) mass is 364 g/mol. The van der Waals surface area contributed by atoms with Crippen LogP contribution < -0.4 is 10.2 Å². The number of hydrogen-bond acceptors (Lipinski definition) is 2. The Balaban J connectivity index is 1.91. The first kappa shape index (κ1) is 19.2. The number of nitrogens with one attached hydrogen (secondary N) is 1. The fourth-order valence-corrected chi connectivity index (χ4v) is 3.62. The van der Waals surface area contributed by atoms with Crippen LogP contribution in [0.15, 0.2) is 42.5 Å². The third kappa shape index (κ3) is 4.05. The van der Waals surface area contributed by atoms with E-state index in [1.807, 2.05) is 18.2 Å². The topological polar surface area (TPSA) is 49.4 Å². The normalized spacial score (nSPS) is 14.3. The molecule has 0 bridgehead atoms. The van der Waals surface area contributed by atoms with Crippen molar-refractivity contribution in [1.82, 2.24) is 0 Å². The summed E-state index contributed by atoms with van der Waals surface area (Å²) in [5.41, 5.74) is 4.56. The molecular weight excluding hydrogens is 336 g/mol. The SMILES string of the molecule is CC(C)c1cccc(C(C)C)c1NC(=O)c1cccc(N2CCCC2=O)c1. The first-order valence-electron chi connectivity index (χ1n) is 9.73. The van der Waals surface area contributed by atoms with Gasteiger partial charge in [0.1, 0.15) is 0 Å². The molecule has 1 N–H and O–H groups in total. The minimum atomic E-state index is -0.140. The Morgan fingerprint density at radius 3 is 2.19 bits per heavy atom. The molecule has 1 fully saturated rings. The van der Waals surface area contributed by atoms with Gasteiger partial charge in [-0.3, -0.25) is 9.59 Å². The molecule has 4 nitrogen and oxygen atoms in total. The van der Waals surface area contributed by atoms with E-state index in [4.69, 9.17) is 0 Å². The summed E-state index contributed by atoms with van der Waals surface area (Å²) in [6, 6.07) is 13.5. The van der Waals surface area contributed by atoms with Crippen molar-refractivity contribution < 1.29 is 9.59 Å². The highest BCUT2D eigenvalue weighted by molar-refractivity contribution is 6.06. The van der Waals surface area contributed by atoms with Gasteiger partial charge in [-0.25, -0.2) is 0 Å². The van der Waals surface area contributed by atoms with Gasteiger partial charge < -0.3 is 10.2 Å². The first-order valence-corrected chi connectivity index (χ1v) is 9.73. The maximum Gasteiger partial charge on any atom is 0.255 e. The van der Waals surface area contributed by atoms with Crippen LogP contribution in [0.2, 0.25) is 0 Å². The predicted molar refractivity (Wildman–Crippen MR) is 111 cm³/mol. The van der Waals surface area contributed by atoms with Crippen LogP contribution in [-0.2, 0) is 4.79 Å². The van der Waals surface area contributed by atoms with E-state index in [1.165, 1.54) is 0 Å². The zero-order chi connectivity index (χ0) is 19.6. The molecular formula is C23H28N2O2. The van der Waals surface area contributed by atoms with Gasteiger partial charge in [-0.15, -0.1) is 0 Å². The van der Waals surface area contributed by atoms with Gasteiger partial charge in [0.2, 0.25) is 5.91 Å². The number of hydrogen-bond donors (Lipinski definition) is 1. The number of benzene rings is 2. The third-order valence-electron chi connectivity index (χ3n) is 5.10. The molecule has 1 saturated heterocycles. The first-order chi connectivity index (χ1) is 12.9. The van der Waals surface area contributed by atoms with E-state index in [0.29, 0.717) is 23.8 Å². The number of amides is 2. The second-order valence-electron chi connectivity index (χ2n) is 7.77. The van der Waals surface area contributed by atoms with E-state index >= 15 is 0 Å². The van der Waals surface area contributed by atoms with E-state index in [-0.39, 0.29) is 11.8 Å². The second kappa shape index (κ2) is 7.95. The number of para-hydroxylation sites is 1. The number of nitrogens with zero attached hydrogens (tertiary/aromatic N) is 1. The quantitative estimate of drug-likeness (QED) is 0.781. The average molecular weight is 364 g/mol. The fourth-order valence-electron chi connectivity index (χ4n) is 3.62. The molecule has 142 valence electrons. The zero-order valence-corrected chi connectivity index (χ0v) is 16.6. The van der Waals surface area contributed by atoms with Crippen LogP contribution in [0, 0.1) is 0 Å². The molecule has 2 aromatic rings. The maximum atomic E-state index is 13.0. The van der Waals surface area contributed by atoms with Crippen LogP contribution in [0.25, 0.3) is 0 Å². The summed E-state index contributed by atoms with van der Waals surface area (Å²) in [6.07, 6.45) is 1.45. The number of anilines is 2. The molecule has 0 saturated carbocycles. The van der Waals surface area contributed by atoms with Crippen molar-refractivity contribution in [2.24, 2.45) is 0 Å². The highest BCUT2D eigenvalue weighted by atomic mass is 16.2. The van der Waals surface area contributed by atoms with E-state index in [1.54, 1.807) is 11.0 Å². The number of carbonyl (C=O) groups excluding carboxylic acids is 2. The summed E-state index contributed by atoms with van der Waals surface area (Å²) < 4.78 is 0. The lowest BCUT2D eigenvalue weighted by atomic mass is 9.92. The molecule has 0 radical (unpaired) electrons. The van der Waals surface area contributed by atoms with Crippen LogP contribution in [0.3, 0.4) is 0 Å². The van der Waals surface area contributed by atoms with Crippen molar-refractivity contribution in [3.8, 4) is 0 Å². The van der Waals surface area contributed by atoms with E-state index in [9.17, 15) is 9.59 Å². The smallest absolute Gasteiger partial charge is 0.255 e. The van der Waals surface area contributed by atoms with Gasteiger partial charge in [0.15, 0.2) is 0 Å². The van der Waals surface area contributed by atoms with E-state index in [0.717, 1.165) is 35.5 Å². The summed E-state index contributed by atoms with van der Waals surface area (Å²) in [4.78, 5) is 26.8. The highest BCUT2D eigenvalue weighted by Gasteiger charge is 2.23. The highest BCUT2D eigenvalue weighted by Crippen LogP contribution is 2.33. The minimum absolute atomic E-state index is 0.125. The molecule has 0 aromatic heterocycles. The fraction of sp³-hybridized carbons (Fsp3) is 0.391. The largest absolute Gasteiger partial charge is 0.321 e. The Bertz CT molecular complexity index is 829. The summed E-state index contributed by atoms with van der Waals surface area (Å²) in [5.74, 6) is 0.610. The Morgan fingerprint density at radius 2 is 1.63 bits per heavy atom. The molecule has 2 amide bonds. The summed E-state index contributed by atoms with van der Waals surface area (Å²) in [7, 11) is 0. The Labute approximate surface area is 161 Å². The lowest BCUT2D eigenvalue weighted by molar-refractivity contribution is -0.117. The van der Waals surface area contributed by atoms with Crippen molar-refractivity contribution >= 4 is 23.2 Å². The molecule has 0 spiro atoms. The van der Waals surface area contributed by atoms with Gasteiger partial charge in [-0.1, -0.05) is 52.0 Å². The molecule has 2 aromatic carbocycles. The van der Waals surface area contributed by atoms with Crippen LogP contribution in [-0.4, -0.2) is 18.4 Å². The van der Waals surface area contributed by atoms with Crippen molar-refractivity contribution in [2.45, 2.75) is 52.4 Å². The Hall–Kier alpha value is -2.62. The zero-order valence-electron chi connectivity index (χ0n) is 16.6. The number of rotatable bonds is 5. The molecule has 0 atom stereocenters. The third-order valence-corrected chi connectivity index (χ3v) is 5.10. The van der Waals surface area contributed by atoms with Gasteiger partial charge in [0, 0.05) is 29.9 Å². The molecule has 27 heavy (non-hydrogen) atoms. The minimum Gasteiger partial charge on any atom is -0.321 e. The maximum absolute atomic E-state index is 13.0. The van der Waals surface area contributed by atoms with Gasteiger partial charge in [-0.2, -0.15) is 0 Å². The number of carbonyl (C=O) groups is 2. The molecule has 1 aliphatic heterocycles. The van der Waals surface area contributed by atoms with Crippen LogP contribution in [0.1, 0.15) is 73.9 Å². The second-order valence-corrected chi connectivity index (χ2v) is 7.77. The summed E-state index contributed by atoms with van der Waals surface area (Å²) in [5, 5.41) is 3.14. The van der Waals surface area contributed by atoms with Crippen LogP contribution in [0.5, 0.6) is 0 Å². The van der Waals surface area contributed by atoms with Gasteiger partial charge in [0.25, 0.3) is 5.91 Å². The molecule has 3 rings (SSSR count). The van der Waals surface area contributed by atoms with Crippen molar-refractivity contribution in [1.29, 1.82) is 0 Å².